The van der Waals surface area contributed by atoms with Gasteiger partial charge in [0.25, 0.3) is 0 Å². The van der Waals surface area contributed by atoms with Gasteiger partial charge in [-0.3, -0.25) is 4.79 Å². The Bertz CT molecular complexity index is 511. The molecule has 98 valence electrons. The lowest BCUT2D eigenvalue weighted by atomic mass is 10.0. The van der Waals surface area contributed by atoms with Gasteiger partial charge in [-0.05, 0) is 11.1 Å². The number of carbonyl (C=O) groups is 1. The van der Waals surface area contributed by atoms with E-state index in [2.05, 4.69) is 5.32 Å². The van der Waals surface area contributed by atoms with Crippen LogP contribution in [0.1, 0.15) is 23.6 Å². The average molecular weight is 255 g/mol. The molecule has 3 nitrogen and oxygen atoms in total. The van der Waals surface area contributed by atoms with E-state index in [4.69, 9.17) is 5.11 Å². The van der Waals surface area contributed by atoms with Crippen molar-refractivity contribution < 1.29 is 9.90 Å². The van der Waals surface area contributed by atoms with Crippen LogP contribution < -0.4 is 5.32 Å². The van der Waals surface area contributed by atoms with E-state index in [0.29, 0.717) is 6.54 Å². The number of carboxylic acids is 1. The second-order valence-corrected chi connectivity index (χ2v) is 4.43. The number of hydrogen-bond donors (Lipinski definition) is 2. The third-order valence-electron chi connectivity index (χ3n) is 2.98. The van der Waals surface area contributed by atoms with Gasteiger partial charge in [0.1, 0.15) is 0 Å². The molecule has 0 aliphatic heterocycles. The highest BCUT2D eigenvalue weighted by Crippen LogP contribution is 2.17. The van der Waals surface area contributed by atoms with Gasteiger partial charge in [-0.1, -0.05) is 60.7 Å². The Balaban J connectivity index is 2.04. The van der Waals surface area contributed by atoms with Gasteiger partial charge < -0.3 is 10.4 Å². The highest BCUT2D eigenvalue weighted by atomic mass is 16.4. The zero-order valence-electron chi connectivity index (χ0n) is 10.6. The smallest absolute Gasteiger partial charge is 0.305 e. The first-order chi connectivity index (χ1) is 9.25. The number of aliphatic carboxylic acids is 1. The molecule has 0 unspecified atom stereocenters. The Morgan fingerprint density at radius 2 is 1.58 bits per heavy atom. The Hall–Kier alpha value is -2.13. The van der Waals surface area contributed by atoms with Crippen molar-refractivity contribution in [3.05, 3.63) is 71.8 Å². The molecule has 3 heteroatoms. The van der Waals surface area contributed by atoms with E-state index in [9.17, 15) is 4.79 Å². The summed E-state index contributed by atoms with van der Waals surface area (Å²) < 4.78 is 0. The first-order valence-corrected chi connectivity index (χ1v) is 6.30. The zero-order chi connectivity index (χ0) is 13.5. The van der Waals surface area contributed by atoms with Crippen molar-refractivity contribution in [1.29, 1.82) is 0 Å². The van der Waals surface area contributed by atoms with E-state index in [0.717, 1.165) is 11.1 Å². The van der Waals surface area contributed by atoms with Crippen LogP contribution in [0.15, 0.2) is 60.7 Å². The standard InChI is InChI=1S/C16H17NO2/c18-16(19)11-15(14-9-5-2-6-10-14)17-12-13-7-3-1-4-8-13/h1-10,15,17H,11-12H2,(H,18,19)/t15-/m1/s1. The number of carboxylic acid groups (broad SMARTS) is 1. The van der Waals surface area contributed by atoms with Crippen molar-refractivity contribution in [2.45, 2.75) is 19.0 Å². The van der Waals surface area contributed by atoms with E-state index in [1.54, 1.807) is 0 Å². The minimum atomic E-state index is -0.797. The second kappa shape index (κ2) is 6.71. The first kappa shape index (κ1) is 13.3. The molecule has 19 heavy (non-hydrogen) atoms. The fourth-order valence-electron chi connectivity index (χ4n) is 2.00. The van der Waals surface area contributed by atoms with Gasteiger partial charge in [-0.2, -0.15) is 0 Å². The van der Waals surface area contributed by atoms with Gasteiger partial charge in [0.05, 0.1) is 6.42 Å². The molecule has 0 bridgehead atoms. The number of benzene rings is 2. The Morgan fingerprint density at radius 3 is 2.16 bits per heavy atom. The largest absolute Gasteiger partial charge is 0.481 e. The van der Waals surface area contributed by atoms with Crippen LogP contribution in [0, 0.1) is 0 Å². The molecule has 2 rings (SSSR count). The summed E-state index contributed by atoms with van der Waals surface area (Å²) in [5, 5.41) is 12.3. The number of hydrogen-bond acceptors (Lipinski definition) is 2. The lowest BCUT2D eigenvalue weighted by Crippen LogP contribution is -2.23. The van der Waals surface area contributed by atoms with Gasteiger partial charge in [0.15, 0.2) is 0 Å². The van der Waals surface area contributed by atoms with Crippen LogP contribution in [0.5, 0.6) is 0 Å². The molecular weight excluding hydrogens is 238 g/mol. The quantitative estimate of drug-likeness (QED) is 0.834. The van der Waals surface area contributed by atoms with Gasteiger partial charge in [-0.15, -0.1) is 0 Å². The minimum absolute atomic E-state index is 0.0802. The van der Waals surface area contributed by atoms with E-state index in [1.807, 2.05) is 60.7 Å². The average Bonchev–Trinajstić information content (AvgIpc) is 2.45. The molecule has 0 radical (unpaired) electrons. The van der Waals surface area contributed by atoms with Crippen molar-refractivity contribution in [2.75, 3.05) is 0 Å². The summed E-state index contributed by atoms with van der Waals surface area (Å²) in [4.78, 5) is 11.0. The second-order valence-electron chi connectivity index (χ2n) is 4.43. The van der Waals surface area contributed by atoms with Crippen LogP contribution in [0.4, 0.5) is 0 Å². The Kier molecular flexibility index (Phi) is 4.70. The van der Waals surface area contributed by atoms with Gasteiger partial charge in [0.2, 0.25) is 0 Å². The van der Waals surface area contributed by atoms with Crippen molar-refractivity contribution in [1.82, 2.24) is 5.32 Å². The zero-order valence-corrected chi connectivity index (χ0v) is 10.6. The molecule has 0 saturated heterocycles. The summed E-state index contributed by atoms with van der Waals surface area (Å²) >= 11 is 0. The van der Waals surface area contributed by atoms with Crippen LogP contribution in [0.25, 0.3) is 0 Å². The molecule has 2 aromatic rings. The molecule has 0 saturated carbocycles. The summed E-state index contributed by atoms with van der Waals surface area (Å²) in [6.45, 7) is 0.660. The fourth-order valence-corrected chi connectivity index (χ4v) is 2.00. The van der Waals surface area contributed by atoms with Crippen molar-refractivity contribution >= 4 is 5.97 Å². The third kappa shape index (κ3) is 4.23. The highest BCUT2D eigenvalue weighted by Gasteiger charge is 2.14. The van der Waals surface area contributed by atoms with Gasteiger partial charge in [0, 0.05) is 12.6 Å². The SMILES string of the molecule is O=C(O)C[C@@H](NCc1ccccc1)c1ccccc1. The summed E-state index contributed by atoms with van der Waals surface area (Å²) in [5.74, 6) is -0.797. The molecule has 0 spiro atoms. The molecule has 0 fully saturated rings. The van der Waals surface area contributed by atoms with Crippen LogP contribution in [-0.2, 0) is 11.3 Å². The van der Waals surface area contributed by atoms with Crippen molar-refractivity contribution in [3.63, 3.8) is 0 Å². The van der Waals surface area contributed by atoms with E-state index in [1.165, 1.54) is 0 Å². The van der Waals surface area contributed by atoms with Crippen molar-refractivity contribution in [2.24, 2.45) is 0 Å². The molecule has 0 heterocycles. The van der Waals surface area contributed by atoms with Gasteiger partial charge >= 0.3 is 5.97 Å². The van der Waals surface area contributed by atoms with Crippen LogP contribution in [-0.4, -0.2) is 11.1 Å². The molecule has 0 amide bonds. The maximum atomic E-state index is 11.0. The summed E-state index contributed by atoms with van der Waals surface area (Å²) in [6, 6.07) is 19.5. The van der Waals surface area contributed by atoms with E-state index in [-0.39, 0.29) is 12.5 Å². The van der Waals surface area contributed by atoms with Crippen molar-refractivity contribution in [3.8, 4) is 0 Å². The minimum Gasteiger partial charge on any atom is -0.481 e. The molecule has 0 aromatic heterocycles. The lowest BCUT2D eigenvalue weighted by molar-refractivity contribution is -0.137. The van der Waals surface area contributed by atoms with E-state index >= 15 is 0 Å². The number of rotatable bonds is 6. The third-order valence-corrected chi connectivity index (χ3v) is 2.98. The van der Waals surface area contributed by atoms with Crippen LogP contribution >= 0.6 is 0 Å². The molecule has 2 N–H and O–H groups in total. The molecule has 1 atom stereocenters. The molecule has 2 aromatic carbocycles. The summed E-state index contributed by atoms with van der Waals surface area (Å²) in [5.41, 5.74) is 2.15. The lowest BCUT2D eigenvalue weighted by Gasteiger charge is -2.17. The molecular formula is C16H17NO2. The predicted octanol–water partition coefficient (Wildman–Crippen LogP) is 2.99. The normalized spacial score (nSPS) is 12.0. The first-order valence-electron chi connectivity index (χ1n) is 6.30. The molecule has 0 aliphatic rings. The number of nitrogens with one attached hydrogen (secondary N) is 1. The maximum absolute atomic E-state index is 11.0. The predicted molar refractivity (Wildman–Crippen MR) is 74.7 cm³/mol. The summed E-state index contributed by atoms with van der Waals surface area (Å²) in [7, 11) is 0. The highest BCUT2D eigenvalue weighted by molar-refractivity contribution is 5.67. The molecule has 0 aliphatic carbocycles. The Labute approximate surface area is 112 Å². The Morgan fingerprint density at radius 1 is 1.00 bits per heavy atom. The monoisotopic (exact) mass is 255 g/mol. The van der Waals surface area contributed by atoms with Crippen LogP contribution in [0.2, 0.25) is 0 Å². The van der Waals surface area contributed by atoms with Gasteiger partial charge in [-0.25, -0.2) is 0 Å². The summed E-state index contributed by atoms with van der Waals surface area (Å²) in [6.07, 6.45) is 0.0802. The van der Waals surface area contributed by atoms with Crippen LogP contribution in [0.3, 0.4) is 0 Å². The fraction of sp³-hybridized carbons (Fsp3) is 0.188. The maximum Gasteiger partial charge on any atom is 0.305 e. The topological polar surface area (TPSA) is 49.3 Å². The van der Waals surface area contributed by atoms with E-state index < -0.39 is 5.97 Å².